The number of rotatable bonds is 3. The van der Waals surface area contributed by atoms with E-state index in [0.717, 1.165) is 13.0 Å². The van der Waals surface area contributed by atoms with Gasteiger partial charge in [0, 0.05) is 14.8 Å². The summed E-state index contributed by atoms with van der Waals surface area (Å²) in [5, 5.41) is 2.16. The first kappa shape index (κ1) is 9.69. The van der Waals surface area contributed by atoms with Crippen LogP contribution in [0.2, 0.25) is 0 Å². The highest BCUT2D eigenvalue weighted by Gasteiger charge is 2.39. The molecule has 13 heavy (non-hydrogen) atoms. The quantitative estimate of drug-likeness (QED) is 0.886. The maximum absolute atomic E-state index is 5.67. The van der Waals surface area contributed by atoms with Gasteiger partial charge in [0.15, 0.2) is 0 Å². The Kier molecular flexibility index (Phi) is 2.77. The summed E-state index contributed by atoms with van der Waals surface area (Å²) in [7, 11) is 0. The highest BCUT2D eigenvalue weighted by atomic mass is 79.9. The monoisotopic (exact) mass is 259 g/mol. The molecule has 0 aromatic carbocycles. The fourth-order valence-electron chi connectivity index (χ4n) is 2.14. The van der Waals surface area contributed by atoms with E-state index in [1.165, 1.54) is 28.6 Å². The third kappa shape index (κ3) is 1.58. The third-order valence-corrected chi connectivity index (χ3v) is 5.12. The van der Waals surface area contributed by atoms with Crippen molar-refractivity contribution in [3.05, 3.63) is 20.8 Å². The second-order valence-corrected chi connectivity index (χ2v) is 5.54. The van der Waals surface area contributed by atoms with Gasteiger partial charge in [-0.3, -0.25) is 0 Å². The molecule has 1 aromatic rings. The molecule has 1 heterocycles. The zero-order chi connectivity index (χ0) is 9.31. The van der Waals surface area contributed by atoms with E-state index in [1.54, 1.807) is 0 Å². The van der Waals surface area contributed by atoms with E-state index >= 15 is 0 Å². The first-order valence-electron chi connectivity index (χ1n) is 4.72. The van der Waals surface area contributed by atoms with Crippen LogP contribution in [0.3, 0.4) is 0 Å². The van der Waals surface area contributed by atoms with Crippen molar-refractivity contribution in [1.82, 2.24) is 0 Å². The molecule has 0 atom stereocenters. The van der Waals surface area contributed by atoms with Gasteiger partial charge in [0.05, 0.1) is 0 Å². The minimum absolute atomic E-state index is 0.432. The van der Waals surface area contributed by atoms with Crippen LogP contribution in [0, 0.1) is 0 Å². The molecule has 2 rings (SSSR count). The van der Waals surface area contributed by atoms with Crippen LogP contribution in [0.4, 0.5) is 0 Å². The van der Waals surface area contributed by atoms with E-state index in [4.69, 9.17) is 5.73 Å². The van der Waals surface area contributed by atoms with Crippen molar-refractivity contribution in [3.8, 4) is 0 Å². The molecule has 72 valence electrons. The minimum Gasteiger partial charge on any atom is -0.330 e. The molecule has 0 aliphatic heterocycles. The summed E-state index contributed by atoms with van der Waals surface area (Å²) >= 11 is 5.49. The molecule has 0 spiro atoms. The predicted molar refractivity (Wildman–Crippen MR) is 61.2 cm³/mol. The van der Waals surface area contributed by atoms with Crippen LogP contribution in [0.1, 0.15) is 30.6 Å². The topological polar surface area (TPSA) is 26.0 Å². The number of hydrogen-bond donors (Lipinski definition) is 1. The van der Waals surface area contributed by atoms with Crippen molar-refractivity contribution in [2.75, 3.05) is 6.54 Å². The Balaban J connectivity index is 2.26. The van der Waals surface area contributed by atoms with Gasteiger partial charge >= 0.3 is 0 Å². The lowest BCUT2D eigenvalue weighted by Gasteiger charge is -2.41. The summed E-state index contributed by atoms with van der Waals surface area (Å²) in [6.07, 6.45) is 5.16. The van der Waals surface area contributed by atoms with Gasteiger partial charge in [-0.25, -0.2) is 0 Å². The third-order valence-electron chi connectivity index (χ3n) is 3.03. The second-order valence-electron chi connectivity index (χ2n) is 3.77. The van der Waals surface area contributed by atoms with Gasteiger partial charge in [-0.1, -0.05) is 6.42 Å². The van der Waals surface area contributed by atoms with Crippen LogP contribution in [-0.2, 0) is 5.41 Å². The standard InChI is InChI=1S/C10H14BrNS/c11-8-2-7-13-9(8)10(5-6-12)3-1-4-10/h2,7H,1,3-6,12H2. The van der Waals surface area contributed by atoms with E-state index in [0.29, 0.717) is 5.41 Å². The summed E-state index contributed by atoms with van der Waals surface area (Å²) in [6, 6.07) is 2.15. The van der Waals surface area contributed by atoms with Crippen LogP contribution >= 0.6 is 27.3 Å². The Labute approximate surface area is 91.5 Å². The molecule has 1 nitrogen and oxygen atoms in total. The molecular formula is C10H14BrNS. The van der Waals surface area contributed by atoms with Crippen LogP contribution in [0.15, 0.2) is 15.9 Å². The average molecular weight is 260 g/mol. The first-order valence-corrected chi connectivity index (χ1v) is 6.39. The smallest absolute Gasteiger partial charge is 0.0320 e. The minimum atomic E-state index is 0.432. The van der Waals surface area contributed by atoms with Crippen LogP contribution in [0.5, 0.6) is 0 Å². The molecule has 1 aliphatic carbocycles. The predicted octanol–water partition coefficient (Wildman–Crippen LogP) is 3.28. The van der Waals surface area contributed by atoms with Crippen LogP contribution in [0.25, 0.3) is 0 Å². The van der Waals surface area contributed by atoms with Crippen molar-refractivity contribution in [1.29, 1.82) is 0 Å². The van der Waals surface area contributed by atoms with Crippen molar-refractivity contribution >= 4 is 27.3 Å². The van der Waals surface area contributed by atoms with Gasteiger partial charge in [-0.15, -0.1) is 11.3 Å². The summed E-state index contributed by atoms with van der Waals surface area (Å²) in [6.45, 7) is 0.810. The average Bonchev–Trinajstić information content (AvgIpc) is 2.44. The van der Waals surface area contributed by atoms with Gasteiger partial charge in [0.25, 0.3) is 0 Å². The largest absolute Gasteiger partial charge is 0.330 e. The van der Waals surface area contributed by atoms with Crippen molar-refractivity contribution in [2.45, 2.75) is 31.1 Å². The molecule has 2 N–H and O–H groups in total. The maximum atomic E-state index is 5.67. The molecule has 1 fully saturated rings. The highest BCUT2D eigenvalue weighted by Crippen LogP contribution is 2.50. The molecule has 0 unspecified atom stereocenters. The molecular weight excluding hydrogens is 246 g/mol. The first-order chi connectivity index (χ1) is 6.28. The lowest BCUT2D eigenvalue weighted by Crippen LogP contribution is -2.35. The van der Waals surface area contributed by atoms with E-state index < -0.39 is 0 Å². The van der Waals surface area contributed by atoms with E-state index in [9.17, 15) is 0 Å². The van der Waals surface area contributed by atoms with Crippen molar-refractivity contribution in [2.24, 2.45) is 5.73 Å². The number of hydrogen-bond acceptors (Lipinski definition) is 2. The summed E-state index contributed by atoms with van der Waals surface area (Å²) in [5.41, 5.74) is 6.10. The summed E-state index contributed by atoms with van der Waals surface area (Å²) < 4.78 is 1.28. The molecule has 0 bridgehead atoms. The Morgan fingerprint density at radius 2 is 2.31 bits per heavy atom. The number of nitrogens with two attached hydrogens (primary N) is 1. The summed E-state index contributed by atoms with van der Waals surface area (Å²) in [5.74, 6) is 0. The van der Waals surface area contributed by atoms with E-state index in [-0.39, 0.29) is 0 Å². The molecule has 1 saturated carbocycles. The molecule has 0 saturated heterocycles. The SMILES string of the molecule is NCCC1(c2sccc2Br)CCC1. The Morgan fingerprint density at radius 3 is 2.69 bits per heavy atom. The zero-order valence-electron chi connectivity index (χ0n) is 7.55. The van der Waals surface area contributed by atoms with Crippen molar-refractivity contribution < 1.29 is 0 Å². The number of thiophene rings is 1. The molecule has 3 heteroatoms. The van der Waals surface area contributed by atoms with Gasteiger partial charge < -0.3 is 5.73 Å². The fraction of sp³-hybridized carbons (Fsp3) is 0.600. The van der Waals surface area contributed by atoms with E-state index in [1.807, 2.05) is 11.3 Å². The van der Waals surface area contributed by atoms with Crippen LogP contribution in [-0.4, -0.2) is 6.54 Å². The highest BCUT2D eigenvalue weighted by molar-refractivity contribution is 9.10. The lowest BCUT2D eigenvalue weighted by molar-refractivity contribution is 0.234. The van der Waals surface area contributed by atoms with Crippen LogP contribution < -0.4 is 5.73 Å². The number of halogens is 1. The van der Waals surface area contributed by atoms with Gasteiger partial charge in [0.2, 0.25) is 0 Å². The molecule has 1 aromatic heterocycles. The van der Waals surface area contributed by atoms with Gasteiger partial charge in [0.1, 0.15) is 0 Å². The second kappa shape index (κ2) is 3.71. The van der Waals surface area contributed by atoms with Gasteiger partial charge in [-0.2, -0.15) is 0 Å². The van der Waals surface area contributed by atoms with Crippen molar-refractivity contribution in [3.63, 3.8) is 0 Å². The zero-order valence-corrected chi connectivity index (χ0v) is 9.96. The normalized spacial score (nSPS) is 19.8. The van der Waals surface area contributed by atoms with E-state index in [2.05, 4.69) is 27.4 Å². The fourth-order valence-corrected chi connectivity index (χ4v) is 4.23. The molecule has 1 aliphatic rings. The van der Waals surface area contributed by atoms with Gasteiger partial charge in [-0.05, 0) is 53.2 Å². The Morgan fingerprint density at radius 1 is 1.54 bits per heavy atom. The maximum Gasteiger partial charge on any atom is 0.0320 e. The lowest BCUT2D eigenvalue weighted by atomic mass is 9.66. The molecule has 0 radical (unpaired) electrons. The molecule has 0 amide bonds. The Hall–Kier alpha value is 0.140. The summed E-state index contributed by atoms with van der Waals surface area (Å²) in [4.78, 5) is 1.52. The Bertz CT molecular complexity index is 291.